The molecule has 21 heavy (non-hydrogen) atoms. The molecule has 1 atom stereocenters. The van der Waals surface area contributed by atoms with Crippen molar-refractivity contribution >= 4 is 16.3 Å². The molecule has 2 heterocycles. The van der Waals surface area contributed by atoms with E-state index in [1.165, 1.54) is 0 Å². The van der Waals surface area contributed by atoms with Gasteiger partial charge in [0.05, 0.1) is 18.9 Å². The number of hydrogen-bond acceptors (Lipinski definition) is 5. The first-order valence-electron chi connectivity index (χ1n) is 6.57. The largest absolute Gasteiger partial charge is 0.497 e. The summed E-state index contributed by atoms with van der Waals surface area (Å²) in [5.41, 5.74) is 1.58. The van der Waals surface area contributed by atoms with Crippen LogP contribution in [-0.4, -0.2) is 21.6 Å². The highest BCUT2D eigenvalue weighted by Crippen LogP contribution is 2.30. The number of ether oxygens (including phenoxy) is 2. The van der Waals surface area contributed by atoms with E-state index in [0.29, 0.717) is 18.1 Å². The summed E-state index contributed by atoms with van der Waals surface area (Å²) in [5, 5.41) is 11.8. The van der Waals surface area contributed by atoms with Crippen molar-refractivity contribution < 1.29 is 14.6 Å². The minimum Gasteiger partial charge on any atom is -0.497 e. The van der Waals surface area contributed by atoms with Crippen molar-refractivity contribution in [3.8, 4) is 11.5 Å². The number of methoxy groups -OCH3 is 1. The molecule has 0 aliphatic rings. The third-order valence-electron chi connectivity index (χ3n) is 3.19. The van der Waals surface area contributed by atoms with Gasteiger partial charge >= 0.3 is 0 Å². The number of benzene rings is 1. The first-order chi connectivity index (χ1) is 10.2. The van der Waals surface area contributed by atoms with E-state index in [1.807, 2.05) is 34.3 Å². The minimum absolute atomic E-state index is 0.348. The third kappa shape index (κ3) is 2.86. The topological polar surface area (TPSA) is 56.0 Å². The van der Waals surface area contributed by atoms with Crippen molar-refractivity contribution in [3.63, 3.8) is 0 Å². The van der Waals surface area contributed by atoms with Crippen molar-refractivity contribution in [2.24, 2.45) is 0 Å². The summed E-state index contributed by atoms with van der Waals surface area (Å²) in [5.74, 6) is 1.31. The van der Waals surface area contributed by atoms with Gasteiger partial charge in [0.1, 0.15) is 18.1 Å². The molecule has 110 valence electrons. The van der Waals surface area contributed by atoms with E-state index in [9.17, 15) is 5.11 Å². The van der Waals surface area contributed by atoms with E-state index in [-0.39, 0.29) is 0 Å². The summed E-state index contributed by atoms with van der Waals surface area (Å²) < 4.78 is 13.0. The van der Waals surface area contributed by atoms with E-state index in [0.717, 1.165) is 16.2 Å². The van der Waals surface area contributed by atoms with Crippen LogP contribution in [0.2, 0.25) is 0 Å². The Bertz CT molecular complexity index is 720. The van der Waals surface area contributed by atoms with E-state index >= 15 is 0 Å². The average molecular weight is 304 g/mol. The molecular formula is C15H16N2O3S. The third-order valence-corrected chi connectivity index (χ3v) is 3.96. The lowest BCUT2D eigenvalue weighted by atomic mass is 10.1. The predicted octanol–water partition coefficient (Wildman–Crippen LogP) is 3.04. The minimum atomic E-state index is -0.601. The molecule has 1 aromatic carbocycles. The molecule has 1 N–H and O–H groups in total. The van der Waals surface area contributed by atoms with Crippen molar-refractivity contribution in [1.29, 1.82) is 0 Å². The van der Waals surface area contributed by atoms with Gasteiger partial charge in [0.25, 0.3) is 0 Å². The Morgan fingerprint density at radius 2 is 2.29 bits per heavy atom. The average Bonchev–Trinajstić information content (AvgIpc) is 3.05. The van der Waals surface area contributed by atoms with Gasteiger partial charge in [-0.1, -0.05) is 0 Å². The van der Waals surface area contributed by atoms with Crippen molar-refractivity contribution in [2.45, 2.75) is 19.6 Å². The molecule has 0 amide bonds. The molecule has 0 fully saturated rings. The Morgan fingerprint density at radius 3 is 3.00 bits per heavy atom. The summed E-state index contributed by atoms with van der Waals surface area (Å²) in [7, 11) is 1.60. The Kier molecular flexibility index (Phi) is 3.81. The van der Waals surface area contributed by atoms with Crippen LogP contribution in [0.4, 0.5) is 0 Å². The van der Waals surface area contributed by atoms with E-state index in [1.54, 1.807) is 31.4 Å². The smallest absolute Gasteiger partial charge is 0.193 e. The second-order valence-electron chi connectivity index (χ2n) is 4.69. The van der Waals surface area contributed by atoms with Gasteiger partial charge in [0, 0.05) is 29.4 Å². The number of thiazole rings is 1. The van der Waals surface area contributed by atoms with Gasteiger partial charge < -0.3 is 14.6 Å². The summed E-state index contributed by atoms with van der Waals surface area (Å²) in [6.07, 6.45) is 3.30. The molecule has 0 unspecified atom stereocenters. The Hall–Kier alpha value is -2.05. The van der Waals surface area contributed by atoms with Crippen LogP contribution in [0.3, 0.4) is 0 Å². The van der Waals surface area contributed by atoms with Crippen LogP contribution in [0.15, 0.2) is 36.0 Å². The molecule has 0 radical (unpaired) electrons. The molecule has 0 spiro atoms. The second-order valence-corrected chi connectivity index (χ2v) is 5.57. The molecule has 0 saturated carbocycles. The van der Waals surface area contributed by atoms with Crippen molar-refractivity contribution in [3.05, 3.63) is 47.2 Å². The van der Waals surface area contributed by atoms with E-state index in [2.05, 4.69) is 4.98 Å². The number of hydrogen-bond donors (Lipinski definition) is 1. The molecule has 0 aliphatic carbocycles. The zero-order chi connectivity index (χ0) is 14.8. The lowest BCUT2D eigenvalue weighted by Gasteiger charge is -2.14. The predicted molar refractivity (Wildman–Crippen MR) is 81.0 cm³/mol. The van der Waals surface area contributed by atoms with Gasteiger partial charge in [-0.2, -0.15) is 0 Å². The molecule has 3 aromatic rings. The van der Waals surface area contributed by atoms with Crippen LogP contribution < -0.4 is 9.47 Å². The fourth-order valence-corrected chi connectivity index (χ4v) is 2.83. The standard InChI is InChI=1S/C15H16N2O3S/c1-10(18)13-4-3-12(19-2)7-14(13)20-9-11-8-17-5-6-21-15(17)16-11/h3-8,10,18H,9H2,1-2H3/t10-/m0/s1. The highest BCUT2D eigenvalue weighted by molar-refractivity contribution is 7.15. The molecule has 6 heteroatoms. The number of imidazole rings is 1. The molecule has 5 nitrogen and oxygen atoms in total. The lowest BCUT2D eigenvalue weighted by molar-refractivity contribution is 0.189. The van der Waals surface area contributed by atoms with Gasteiger partial charge in [-0.3, -0.25) is 4.40 Å². The maximum Gasteiger partial charge on any atom is 0.193 e. The van der Waals surface area contributed by atoms with Crippen LogP contribution in [0, 0.1) is 0 Å². The molecular weight excluding hydrogens is 288 g/mol. The Balaban J connectivity index is 1.81. The van der Waals surface area contributed by atoms with E-state index in [4.69, 9.17) is 9.47 Å². The van der Waals surface area contributed by atoms with Crippen LogP contribution >= 0.6 is 11.3 Å². The van der Waals surface area contributed by atoms with Crippen LogP contribution in [0.25, 0.3) is 4.96 Å². The molecule has 3 rings (SSSR count). The maximum absolute atomic E-state index is 9.81. The number of aromatic nitrogens is 2. The zero-order valence-corrected chi connectivity index (χ0v) is 12.6. The Morgan fingerprint density at radius 1 is 1.43 bits per heavy atom. The van der Waals surface area contributed by atoms with Crippen molar-refractivity contribution in [1.82, 2.24) is 9.38 Å². The van der Waals surface area contributed by atoms with E-state index < -0.39 is 6.10 Å². The molecule has 0 saturated heterocycles. The number of fused-ring (bicyclic) bond motifs is 1. The van der Waals surface area contributed by atoms with Gasteiger partial charge in [-0.15, -0.1) is 11.3 Å². The van der Waals surface area contributed by atoms with Gasteiger partial charge in [0.15, 0.2) is 4.96 Å². The summed E-state index contributed by atoms with van der Waals surface area (Å²) >= 11 is 1.58. The number of aliphatic hydroxyl groups excluding tert-OH is 1. The highest BCUT2D eigenvalue weighted by atomic mass is 32.1. The summed E-state index contributed by atoms with van der Waals surface area (Å²) in [6.45, 7) is 2.06. The number of nitrogens with zero attached hydrogens (tertiary/aromatic N) is 2. The molecule has 0 bridgehead atoms. The molecule has 2 aromatic heterocycles. The van der Waals surface area contributed by atoms with Crippen LogP contribution in [-0.2, 0) is 6.61 Å². The first-order valence-corrected chi connectivity index (χ1v) is 7.45. The van der Waals surface area contributed by atoms with Crippen LogP contribution in [0.5, 0.6) is 11.5 Å². The Labute approximate surface area is 126 Å². The quantitative estimate of drug-likeness (QED) is 0.787. The number of aliphatic hydroxyl groups is 1. The van der Waals surface area contributed by atoms with Gasteiger partial charge in [-0.05, 0) is 19.1 Å². The lowest BCUT2D eigenvalue weighted by Crippen LogP contribution is -2.01. The molecule has 0 aliphatic heterocycles. The van der Waals surface area contributed by atoms with Crippen LogP contribution in [0.1, 0.15) is 24.3 Å². The number of rotatable bonds is 5. The normalized spacial score (nSPS) is 12.5. The second kappa shape index (κ2) is 5.75. The first kappa shape index (κ1) is 13.9. The fraction of sp³-hybridized carbons (Fsp3) is 0.267. The fourth-order valence-electron chi connectivity index (χ4n) is 2.11. The zero-order valence-electron chi connectivity index (χ0n) is 11.8. The summed E-state index contributed by atoms with van der Waals surface area (Å²) in [6, 6.07) is 5.40. The SMILES string of the molecule is COc1ccc([C@H](C)O)c(OCc2cn3ccsc3n2)c1. The van der Waals surface area contributed by atoms with Gasteiger partial charge in [0.2, 0.25) is 0 Å². The monoisotopic (exact) mass is 304 g/mol. The highest BCUT2D eigenvalue weighted by Gasteiger charge is 2.12. The van der Waals surface area contributed by atoms with Crippen molar-refractivity contribution in [2.75, 3.05) is 7.11 Å². The summed E-state index contributed by atoms with van der Waals surface area (Å²) in [4.78, 5) is 5.41. The van der Waals surface area contributed by atoms with Gasteiger partial charge in [-0.25, -0.2) is 4.98 Å². The maximum atomic E-state index is 9.81.